The van der Waals surface area contributed by atoms with Crippen LogP contribution in [0.3, 0.4) is 0 Å². The maximum Gasteiger partial charge on any atom is 0.251 e. The molecule has 0 aliphatic carbocycles. The molecule has 0 radical (unpaired) electrons. The van der Waals surface area contributed by atoms with E-state index in [1.54, 1.807) is 13.0 Å². The van der Waals surface area contributed by atoms with E-state index in [4.69, 9.17) is 10.4 Å². The first-order valence-electron chi connectivity index (χ1n) is 6.92. The van der Waals surface area contributed by atoms with Gasteiger partial charge in [0.15, 0.2) is 0 Å². The molecule has 1 rings (SSSR count). The Balaban J connectivity index is 0. The van der Waals surface area contributed by atoms with Crippen LogP contribution in [-0.2, 0) is 14.6 Å². The first-order chi connectivity index (χ1) is 10.8. The van der Waals surface area contributed by atoms with Gasteiger partial charge in [0.2, 0.25) is 16.3 Å². The van der Waals surface area contributed by atoms with E-state index in [1.807, 2.05) is 0 Å². The van der Waals surface area contributed by atoms with E-state index < -0.39 is 16.0 Å². The number of aromatic amines is 1. The van der Waals surface area contributed by atoms with Crippen LogP contribution in [0.25, 0.3) is 0 Å². The zero-order chi connectivity index (χ0) is 19.6. The molecule has 1 aromatic rings. The molecule has 0 saturated carbocycles. The summed E-state index contributed by atoms with van der Waals surface area (Å²) in [5, 5.41) is 17.5. The number of aromatic hydroxyl groups is 1. The molecule has 24 heavy (non-hydrogen) atoms. The Kier molecular flexibility index (Phi) is 10.9. The van der Waals surface area contributed by atoms with Gasteiger partial charge in [-0.25, -0.2) is 8.42 Å². The molecule has 10 heteroatoms. The first-order valence-corrected chi connectivity index (χ1v) is 8.25. The summed E-state index contributed by atoms with van der Waals surface area (Å²) in [6.45, 7) is 5.08. The summed E-state index contributed by atoms with van der Waals surface area (Å²) in [5.74, 6) is -0.363. The van der Waals surface area contributed by atoms with Gasteiger partial charge in [0.1, 0.15) is 11.6 Å². The summed E-state index contributed by atoms with van der Waals surface area (Å²) in [6.07, 6.45) is 1.28. The Morgan fingerprint density at radius 2 is 1.88 bits per heavy atom. The van der Waals surface area contributed by atoms with Crippen LogP contribution in [0.1, 0.15) is 24.5 Å². The molecule has 1 heterocycles. The van der Waals surface area contributed by atoms with Crippen molar-refractivity contribution in [2.45, 2.75) is 20.3 Å². The van der Waals surface area contributed by atoms with E-state index in [1.165, 1.54) is 19.0 Å². The number of quaternary nitrogens is 1. The molecule has 0 saturated heterocycles. The van der Waals surface area contributed by atoms with Gasteiger partial charge in [-0.2, -0.15) is 5.26 Å². The Hall–Kier alpha value is -1.93. The number of nitriles is 1. The fraction of sp³-hybridized carbons (Fsp3) is 0.571. The molecule has 0 atom stereocenters. The molecular weight excluding hydrogens is 338 g/mol. The van der Waals surface area contributed by atoms with Gasteiger partial charge in [-0.1, -0.05) is 6.92 Å². The Morgan fingerprint density at radius 3 is 2.08 bits per heavy atom. The second-order valence-electron chi connectivity index (χ2n) is 5.74. The number of hydrogen-bond donors (Lipinski definition) is 2. The second kappa shape index (κ2) is 10.8. The molecule has 0 bridgehead atoms. The van der Waals surface area contributed by atoms with Crippen LogP contribution in [0, 0.1) is 18.3 Å². The lowest BCUT2D eigenvalue weighted by Gasteiger charge is -2.22. The van der Waals surface area contributed by atoms with Crippen molar-refractivity contribution in [3.8, 4) is 11.9 Å². The Morgan fingerprint density at radius 1 is 1.42 bits per heavy atom. The number of aromatic nitrogens is 1. The summed E-state index contributed by atoms with van der Waals surface area (Å²) < 4.78 is 32.1. The van der Waals surface area contributed by atoms with Gasteiger partial charge in [0.25, 0.3) is 5.56 Å². The van der Waals surface area contributed by atoms with Crippen molar-refractivity contribution in [2.24, 2.45) is 0 Å². The SMILES string of the molecule is CCC[N+](C)(C)C.COS(=O)(=O)[O-].Cc1cc(=O)[nH]c(O)c1C#N. The highest BCUT2D eigenvalue weighted by atomic mass is 32.3. The fourth-order valence-electron chi connectivity index (χ4n) is 1.48. The zero-order valence-electron chi connectivity index (χ0n) is 14.8. The molecule has 0 spiro atoms. The average Bonchev–Trinajstić information content (AvgIpc) is 2.37. The first kappa shape index (κ1) is 24.3. The molecule has 2 N–H and O–H groups in total. The van der Waals surface area contributed by atoms with Gasteiger partial charge in [-0.15, -0.1) is 0 Å². The third-order valence-electron chi connectivity index (χ3n) is 2.43. The molecule has 0 fully saturated rings. The lowest BCUT2D eigenvalue weighted by molar-refractivity contribution is -0.870. The van der Waals surface area contributed by atoms with Crippen molar-refractivity contribution < 1.29 is 26.7 Å². The third kappa shape index (κ3) is 13.7. The lowest BCUT2D eigenvalue weighted by Crippen LogP contribution is -2.34. The Bertz CT molecular complexity index is 672. The lowest BCUT2D eigenvalue weighted by atomic mass is 10.2. The summed E-state index contributed by atoms with van der Waals surface area (Å²) in [7, 11) is 3.03. The maximum absolute atomic E-state index is 10.7. The van der Waals surface area contributed by atoms with Crippen LogP contribution >= 0.6 is 0 Å². The number of H-pyrrole nitrogens is 1. The number of aryl methyl sites for hydroxylation is 1. The van der Waals surface area contributed by atoms with Crippen LogP contribution in [0.2, 0.25) is 0 Å². The van der Waals surface area contributed by atoms with Crippen molar-refractivity contribution in [3.63, 3.8) is 0 Å². The number of nitrogens with one attached hydrogen (secondary N) is 1. The van der Waals surface area contributed by atoms with E-state index in [0.29, 0.717) is 5.56 Å². The molecule has 1 aromatic heterocycles. The largest absolute Gasteiger partial charge is 0.726 e. The normalized spacial score (nSPS) is 10.6. The monoisotopic (exact) mass is 363 g/mol. The molecule has 138 valence electrons. The molecule has 0 unspecified atom stereocenters. The maximum atomic E-state index is 10.7. The van der Waals surface area contributed by atoms with E-state index >= 15 is 0 Å². The number of rotatable bonds is 3. The smallest absolute Gasteiger partial charge is 0.251 e. The fourth-order valence-corrected chi connectivity index (χ4v) is 1.48. The molecule has 0 aliphatic heterocycles. The van der Waals surface area contributed by atoms with Crippen LogP contribution in [0.4, 0.5) is 0 Å². The van der Waals surface area contributed by atoms with Gasteiger partial charge >= 0.3 is 0 Å². The van der Waals surface area contributed by atoms with Crippen molar-refractivity contribution in [3.05, 3.63) is 27.5 Å². The van der Waals surface area contributed by atoms with Gasteiger partial charge in [-0.3, -0.25) is 14.0 Å². The molecule has 0 aromatic carbocycles. The highest BCUT2D eigenvalue weighted by molar-refractivity contribution is 7.80. The van der Waals surface area contributed by atoms with Gasteiger partial charge < -0.3 is 14.1 Å². The topological polar surface area (TPSA) is 143 Å². The minimum atomic E-state index is -4.41. The van der Waals surface area contributed by atoms with Crippen LogP contribution in [0.5, 0.6) is 5.88 Å². The van der Waals surface area contributed by atoms with Crippen molar-refractivity contribution in [1.29, 1.82) is 5.26 Å². The van der Waals surface area contributed by atoms with Crippen LogP contribution < -0.4 is 5.56 Å². The summed E-state index contributed by atoms with van der Waals surface area (Å²) in [5.41, 5.74) is 0.192. The standard InChI is InChI=1S/C7H6N2O2.C6H16N.CH4O4S/c1-4-2-6(10)9-7(11)5(4)3-8;1-5-6-7(2,3)4;1-5-6(2,3)4/h2H,1H3,(H2,9,10,11);5-6H2,1-4H3;1H3,(H,2,3,4)/q;+1;/p-1. The molecule has 0 aliphatic rings. The van der Waals surface area contributed by atoms with Crippen LogP contribution in [0.15, 0.2) is 10.9 Å². The average molecular weight is 363 g/mol. The summed E-state index contributed by atoms with van der Waals surface area (Å²) in [6, 6.07) is 3.03. The molecule has 9 nitrogen and oxygen atoms in total. The predicted molar refractivity (Wildman–Crippen MR) is 88.1 cm³/mol. The summed E-state index contributed by atoms with van der Waals surface area (Å²) in [4.78, 5) is 12.8. The van der Waals surface area contributed by atoms with E-state index in [0.717, 1.165) is 11.6 Å². The van der Waals surface area contributed by atoms with Gasteiger partial charge in [0.05, 0.1) is 34.8 Å². The van der Waals surface area contributed by atoms with Gasteiger partial charge in [0, 0.05) is 6.07 Å². The number of nitrogens with zero attached hydrogens (tertiary/aromatic N) is 2. The quantitative estimate of drug-likeness (QED) is 0.451. The van der Waals surface area contributed by atoms with E-state index in [9.17, 15) is 17.8 Å². The second-order valence-corrected chi connectivity index (χ2v) is 6.89. The van der Waals surface area contributed by atoms with Crippen molar-refractivity contribution >= 4 is 10.4 Å². The van der Waals surface area contributed by atoms with E-state index in [2.05, 4.69) is 37.2 Å². The zero-order valence-corrected chi connectivity index (χ0v) is 15.6. The number of pyridine rings is 1. The minimum Gasteiger partial charge on any atom is -0.726 e. The molecular formula is C14H25N3O6S. The third-order valence-corrected chi connectivity index (χ3v) is 2.84. The van der Waals surface area contributed by atoms with Crippen molar-refractivity contribution in [2.75, 3.05) is 34.8 Å². The predicted octanol–water partition coefficient (Wildman–Crippen LogP) is 0.456. The highest BCUT2D eigenvalue weighted by Crippen LogP contribution is 2.12. The van der Waals surface area contributed by atoms with Crippen molar-refractivity contribution in [1.82, 2.24) is 4.98 Å². The Labute approximate surface area is 142 Å². The summed E-state index contributed by atoms with van der Waals surface area (Å²) >= 11 is 0. The van der Waals surface area contributed by atoms with Gasteiger partial charge in [-0.05, 0) is 18.9 Å². The molecule has 0 amide bonds. The van der Waals surface area contributed by atoms with Crippen LogP contribution in [-0.4, -0.2) is 62.3 Å². The minimum absolute atomic E-state index is 0.115. The number of hydrogen-bond acceptors (Lipinski definition) is 7. The highest BCUT2D eigenvalue weighted by Gasteiger charge is 2.04. The van der Waals surface area contributed by atoms with E-state index in [-0.39, 0.29) is 11.4 Å².